The Hall–Kier alpha value is -3.14. The quantitative estimate of drug-likeness (QED) is 0.557. The second-order valence-electron chi connectivity index (χ2n) is 7.45. The van der Waals surface area contributed by atoms with Crippen LogP contribution in [0.2, 0.25) is 0 Å². The molecule has 1 aliphatic rings. The number of amides is 2. The molecule has 152 valence electrons. The van der Waals surface area contributed by atoms with E-state index in [1.165, 1.54) is 11.9 Å². The van der Waals surface area contributed by atoms with Gasteiger partial charge in [-0.1, -0.05) is 31.0 Å². The van der Waals surface area contributed by atoms with Gasteiger partial charge in [-0.3, -0.25) is 14.4 Å². The van der Waals surface area contributed by atoms with Gasteiger partial charge in [0.05, 0.1) is 18.1 Å². The van der Waals surface area contributed by atoms with Gasteiger partial charge in [-0.25, -0.2) is 0 Å². The summed E-state index contributed by atoms with van der Waals surface area (Å²) in [5.41, 5.74) is 1.05. The molecule has 0 saturated carbocycles. The number of hydrogen-bond donors (Lipinski definition) is 0. The third kappa shape index (κ3) is 4.65. The van der Waals surface area contributed by atoms with Crippen molar-refractivity contribution in [3.63, 3.8) is 0 Å². The number of nitrogens with zero attached hydrogens (tertiary/aromatic N) is 4. The van der Waals surface area contributed by atoms with Crippen LogP contribution in [0.3, 0.4) is 0 Å². The molecule has 3 rings (SSSR count). The van der Waals surface area contributed by atoms with E-state index in [0.29, 0.717) is 5.39 Å². The zero-order chi connectivity index (χ0) is 20.8. The average Bonchev–Trinajstić information content (AvgIpc) is 2.91. The van der Waals surface area contributed by atoms with Crippen molar-refractivity contribution in [1.82, 2.24) is 14.4 Å². The first-order valence-corrected chi connectivity index (χ1v) is 10.1. The molecule has 1 aliphatic heterocycles. The normalized spacial score (nSPS) is 14.3. The highest BCUT2D eigenvalue weighted by molar-refractivity contribution is 6.44. The zero-order valence-corrected chi connectivity index (χ0v) is 16.8. The van der Waals surface area contributed by atoms with E-state index in [4.69, 9.17) is 5.26 Å². The van der Waals surface area contributed by atoms with Gasteiger partial charge < -0.3 is 14.4 Å². The molecule has 2 heterocycles. The molecule has 1 aromatic heterocycles. The van der Waals surface area contributed by atoms with E-state index in [2.05, 4.69) is 0 Å². The third-order valence-electron chi connectivity index (χ3n) is 5.40. The van der Waals surface area contributed by atoms with E-state index in [1.54, 1.807) is 16.8 Å². The lowest BCUT2D eigenvalue weighted by Crippen LogP contribution is -2.34. The molecule has 1 saturated heterocycles. The number of Topliss-reactive ketones (excluding diaryl/α,β-unsaturated/α-hetero) is 1. The molecule has 1 aromatic carbocycles. The highest BCUT2D eigenvalue weighted by Crippen LogP contribution is 2.23. The van der Waals surface area contributed by atoms with Gasteiger partial charge in [-0.2, -0.15) is 5.26 Å². The minimum Gasteiger partial charge on any atom is -0.341 e. The van der Waals surface area contributed by atoms with Crippen LogP contribution >= 0.6 is 0 Å². The number of rotatable bonds is 6. The monoisotopic (exact) mass is 394 g/mol. The van der Waals surface area contributed by atoms with E-state index >= 15 is 0 Å². The van der Waals surface area contributed by atoms with Crippen molar-refractivity contribution in [2.45, 2.75) is 38.6 Å². The number of nitriles is 1. The Kier molecular flexibility index (Phi) is 6.65. The van der Waals surface area contributed by atoms with Crippen LogP contribution in [0.25, 0.3) is 10.9 Å². The van der Waals surface area contributed by atoms with Crippen LogP contribution in [0.15, 0.2) is 30.5 Å². The number of likely N-dealkylation sites (N-methyl/N-ethyl adjacent to an activating group) is 1. The number of carbonyl (C=O) groups excluding carboxylic acids is 3. The first kappa shape index (κ1) is 20.6. The van der Waals surface area contributed by atoms with Crippen molar-refractivity contribution >= 4 is 28.5 Å². The number of fused-ring (bicyclic) bond motifs is 1. The largest absolute Gasteiger partial charge is 0.341 e. The fraction of sp³-hybridized carbons (Fsp3) is 0.455. The van der Waals surface area contributed by atoms with E-state index in [1.807, 2.05) is 29.2 Å². The van der Waals surface area contributed by atoms with Gasteiger partial charge >= 0.3 is 0 Å². The number of para-hydroxylation sites is 1. The van der Waals surface area contributed by atoms with Crippen LogP contribution in [0.4, 0.5) is 0 Å². The van der Waals surface area contributed by atoms with Crippen molar-refractivity contribution in [1.29, 1.82) is 5.26 Å². The highest BCUT2D eigenvalue weighted by atomic mass is 16.2. The SMILES string of the molecule is CN(CCC#N)C(=O)C(=O)c1cn(CC(=O)N2CCCCCC2)c2ccccc12. The van der Waals surface area contributed by atoms with Crippen molar-refractivity contribution in [2.75, 3.05) is 26.7 Å². The molecule has 1 fully saturated rings. The Bertz CT molecular complexity index is 949. The Morgan fingerprint density at radius 2 is 1.79 bits per heavy atom. The van der Waals surface area contributed by atoms with Gasteiger partial charge in [0.15, 0.2) is 0 Å². The summed E-state index contributed by atoms with van der Waals surface area (Å²) in [6.45, 7) is 1.89. The molecule has 2 aromatic rings. The number of hydrogen-bond acceptors (Lipinski definition) is 4. The summed E-state index contributed by atoms with van der Waals surface area (Å²) in [5, 5.41) is 9.35. The van der Waals surface area contributed by atoms with Crippen LogP contribution in [-0.2, 0) is 16.1 Å². The second kappa shape index (κ2) is 9.37. The summed E-state index contributed by atoms with van der Waals surface area (Å²) in [6.07, 6.45) is 6.11. The summed E-state index contributed by atoms with van der Waals surface area (Å²) < 4.78 is 1.76. The maximum absolute atomic E-state index is 12.8. The van der Waals surface area contributed by atoms with E-state index in [-0.39, 0.29) is 31.0 Å². The fourth-order valence-electron chi connectivity index (χ4n) is 3.73. The van der Waals surface area contributed by atoms with Gasteiger partial charge in [0.25, 0.3) is 11.7 Å². The topological polar surface area (TPSA) is 86.4 Å². The van der Waals surface area contributed by atoms with Gasteiger partial charge in [0.2, 0.25) is 5.91 Å². The summed E-state index contributed by atoms with van der Waals surface area (Å²) >= 11 is 0. The molecular formula is C22H26N4O3. The number of ketones is 1. The summed E-state index contributed by atoms with van der Waals surface area (Å²) in [5.74, 6) is -1.24. The zero-order valence-electron chi connectivity index (χ0n) is 16.8. The molecule has 7 heteroatoms. The van der Waals surface area contributed by atoms with Crippen LogP contribution in [0.1, 0.15) is 42.5 Å². The standard InChI is InChI=1S/C22H26N4O3/c1-24(12-8-11-23)22(29)21(28)18-15-26(19-10-5-4-9-17(18)19)16-20(27)25-13-6-2-3-7-14-25/h4-5,9-10,15H,2-3,6-8,12-14,16H2,1H3. The smallest absolute Gasteiger partial charge is 0.294 e. The number of likely N-dealkylation sites (tertiary alicyclic amines) is 1. The second-order valence-corrected chi connectivity index (χ2v) is 7.45. The molecule has 0 atom stereocenters. The molecule has 2 amide bonds. The molecule has 7 nitrogen and oxygen atoms in total. The molecule has 0 N–H and O–H groups in total. The predicted octanol–water partition coefficient (Wildman–Crippen LogP) is 2.60. The van der Waals surface area contributed by atoms with Crippen LogP contribution < -0.4 is 0 Å². The molecule has 0 spiro atoms. The van der Waals surface area contributed by atoms with Crippen molar-refractivity contribution < 1.29 is 14.4 Å². The molecule has 0 bridgehead atoms. The number of benzene rings is 1. The fourth-order valence-corrected chi connectivity index (χ4v) is 3.73. The van der Waals surface area contributed by atoms with E-state index in [9.17, 15) is 14.4 Å². The minimum atomic E-state index is -0.651. The maximum Gasteiger partial charge on any atom is 0.294 e. The third-order valence-corrected chi connectivity index (χ3v) is 5.40. The molecule has 29 heavy (non-hydrogen) atoms. The first-order chi connectivity index (χ1) is 14.0. The van der Waals surface area contributed by atoms with Gasteiger partial charge in [0, 0.05) is 43.8 Å². The van der Waals surface area contributed by atoms with Crippen molar-refractivity contribution in [2.24, 2.45) is 0 Å². The van der Waals surface area contributed by atoms with Gasteiger partial charge in [-0.05, 0) is 18.9 Å². The Labute approximate surface area is 170 Å². The van der Waals surface area contributed by atoms with Crippen molar-refractivity contribution in [3.8, 4) is 6.07 Å². The number of carbonyl (C=O) groups is 3. The summed E-state index contributed by atoms with van der Waals surface area (Å²) in [7, 11) is 1.51. The van der Waals surface area contributed by atoms with Gasteiger partial charge in [-0.15, -0.1) is 0 Å². The molecule has 0 radical (unpaired) electrons. The minimum absolute atomic E-state index is 0.0316. The average molecular weight is 394 g/mol. The summed E-state index contributed by atoms with van der Waals surface area (Å²) in [6, 6.07) is 9.28. The van der Waals surface area contributed by atoms with Crippen LogP contribution in [0, 0.1) is 11.3 Å². The summed E-state index contributed by atoms with van der Waals surface area (Å²) in [4.78, 5) is 41.3. The lowest BCUT2D eigenvalue weighted by molar-refractivity contribution is -0.131. The van der Waals surface area contributed by atoms with Crippen LogP contribution in [0.5, 0.6) is 0 Å². The molecular weight excluding hydrogens is 368 g/mol. The van der Waals surface area contributed by atoms with Crippen molar-refractivity contribution in [3.05, 3.63) is 36.0 Å². The molecule has 0 unspecified atom stereocenters. The lowest BCUT2D eigenvalue weighted by atomic mass is 10.1. The van der Waals surface area contributed by atoms with E-state index in [0.717, 1.165) is 44.3 Å². The Morgan fingerprint density at radius 1 is 1.10 bits per heavy atom. The Morgan fingerprint density at radius 3 is 2.48 bits per heavy atom. The predicted molar refractivity (Wildman–Crippen MR) is 109 cm³/mol. The molecule has 0 aliphatic carbocycles. The highest BCUT2D eigenvalue weighted by Gasteiger charge is 2.25. The van der Waals surface area contributed by atoms with E-state index < -0.39 is 11.7 Å². The maximum atomic E-state index is 12.8. The Balaban J connectivity index is 1.85. The van der Waals surface area contributed by atoms with Crippen LogP contribution in [-0.4, -0.2) is 58.6 Å². The number of aromatic nitrogens is 1. The van der Waals surface area contributed by atoms with Gasteiger partial charge in [0.1, 0.15) is 6.54 Å². The lowest BCUT2D eigenvalue weighted by Gasteiger charge is -2.20. The first-order valence-electron chi connectivity index (χ1n) is 10.1.